The largest absolute Gasteiger partial charge is 0.359 e. The Hall–Kier alpha value is -3.84. The van der Waals surface area contributed by atoms with Gasteiger partial charge in [0.25, 0.3) is 0 Å². The van der Waals surface area contributed by atoms with Gasteiger partial charge in [-0.25, -0.2) is 10.9 Å². The maximum Gasteiger partial charge on any atom is 0.322 e. The van der Waals surface area contributed by atoms with Crippen molar-refractivity contribution in [1.82, 2.24) is 21.2 Å². The number of nitrogens with one attached hydrogen (secondary N) is 2. The Kier molecular flexibility index (Phi) is 7.35. The molecular formula is C14H14N10O6S3. The van der Waals surface area contributed by atoms with Crippen LogP contribution in [0, 0.1) is 10.4 Å². The lowest BCUT2D eigenvalue weighted by atomic mass is 10.2. The fourth-order valence-electron chi connectivity index (χ4n) is 2.29. The molecule has 3 aromatic rings. The number of carbonyl (C=O) groups excluding carboxylic acids is 2. The summed E-state index contributed by atoms with van der Waals surface area (Å²) < 4.78 is 10.1. The summed E-state index contributed by atoms with van der Waals surface area (Å²) in [7, 11) is 0. The number of hydrazone groups is 2. The van der Waals surface area contributed by atoms with Crippen LogP contribution in [0.3, 0.4) is 0 Å². The van der Waals surface area contributed by atoms with Crippen molar-refractivity contribution in [2.24, 2.45) is 10.2 Å². The van der Waals surface area contributed by atoms with E-state index in [-0.39, 0.29) is 21.4 Å². The third-order valence-electron chi connectivity index (χ3n) is 3.71. The molecule has 0 aromatic carbocycles. The van der Waals surface area contributed by atoms with Gasteiger partial charge in [-0.2, -0.15) is 10.2 Å². The molecule has 0 saturated heterocycles. The molecule has 0 radical (unpaired) electrons. The highest BCUT2D eigenvalue weighted by atomic mass is 32.2. The Balaban J connectivity index is 1.81. The molecule has 33 heavy (non-hydrogen) atoms. The molecule has 19 heteroatoms. The van der Waals surface area contributed by atoms with Gasteiger partial charge in [0.15, 0.2) is 0 Å². The molecule has 0 aliphatic heterocycles. The molecule has 3 aromatic heterocycles. The Morgan fingerprint density at radius 2 is 1.33 bits per heavy atom. The van der Waals surface area contributed by atoms with Gasteiger partial charge in [0.1, 0.15) is 0 Å². The van der Waals surface area contributed by atoms with Crippen LogP contribution in [-0.2, 0) is 0 Å². The minimum atomic E-state index is -0.925. The van der Waals surface area contributed by atoms with E-state index in [1.165, 1.54) is 47.3 Å². The smallest absolute Gasteiger partial charge is 0.322 e. The Morgan fingerprint density at radius 1 is 0.939 bits per heavy atom. The maximum absolute atomic E-state index is 12.1. The number of amides is 2. The van der Waals surface area contributed by atoms with Gasteiger partial charge in [-0.05, 0) is 22.3 Å². The minimum Gasteiger partial charge on any atom is -0.359 e. The number of thioether (sulfide) groups is 2. The normalized spacial score (nSPS) is 11.5. The molecular weight excluding hydrogens is 500 g/mol. The Bertz CT molecular complexity index is 1120. The van der Waals surface area contributed by atoms with Gasteiger partial charge in [-0.15, -0.1) is 34.9 Å². The van der Waals surface area contributed by atoms with Gasteiger partial charge in [0.05, 0.1) is 31.2 Å². The molecule has 0 aliphatic rings. The highest BCUT2D eigenvalue weighted by molar-refractivity contribution is 8.02. The first-order valence-electron chi connectivity index (χ1n) is 8.40. The summed E-state index contributed by atoms with van der Waals surface area (Å²) in [6.45, 7) is 0. The van der Waals surface area contributed by atoms with Crippen molar-refractivity contribution in [3.05, 3.63) is 32.9 Å². The van der Waals surface area contributed by atoms with E-state index in [4.69, 9.17) is 11.5 Å². The highest BCUT2D eigenvalue weighted by Crippen LogP contribution is 2.38. The number of nitrogen functional groups attached to an aromatic ring is 2. The molecule has 6 N–H and O–H groups in total. The third kappa shape index (κ3) is 4.99. The van der Waals surface area contributed by atoms with Crippen molar-refractivity contribution in [3.8, 4) is 0 Å². The van der Waals surface area contributed by atoms with Gasteiger partial charge in [-0.3, -0.25) is 18.8 Å². The second kappa shape index (κ2) is 10.2. The molecule has 3 heterocycles. The van der Waals surface area contributed by atoms with Crippen LogP contribution in [0.25, 0.3) is 0 Å². The van der Waals surface area contributed by atoms with Gasteiger partial charge in [0, 0.05) is 11.1 Å². The summed E-state index contributed by atoms with van der Waals surface area (Å²) in [5.74, 6) is -2.63. The number of carbonyl (C=O) groups is 2. The first-order valence-corrected chi connectivity index (χ1v) is 11.7. The zero-order valence-corrected chi connectivity index (χ0v) is 19.1. The van der Waals surface area contributed by atoms with E-state index in [2.05, 4.69) is 40.6 Å². The van der Waals surface area contributed by atoms with E-state index < -0.39 is 23.2 Å². The molecule has 0 unspecified atom stereocenters. The number of hydrogen-bond acceptors (Lipinski definition) is 15. The van der Waals surface area contributed by atoms with E-state index in [1.54, 1.807) is 0 Å². The van der Waals surface area contributed by atoms with E-state index in [1.807, 2.05) is 12.5 Å². The fraction of sp³-hybridized carbons (Fsp3) is 0.143. The van der Waals surface area contributed by atoms with Gasteiger partial charge < -0.3 is 21.9 Å². The number of aromatic nitrogens is 4. The van der Waals surface area contributed by atoms with Gasteiger partial charge in [-0.1, -0.05) is 0 Å². The number of nitrogens with two attached hydrogens (primary N) is 2. The van der Waals surface area contributed by atoms with Crippen LogP contribution in [0.1, 0.15) is 32.1 Å². The topological polar surface area (TPSA) is 241 Å². The number of rotatable bonds is 8. The minimum absolute atomic E-state index is 0.140. The van der Waals surface area contributed by atoms with E-state index >= 15 is 0 Å². The summed E-state index contributed by atoms with van der Waals surface area (Å²) in [6, 6.07) is 0. The molecule has 0 aliphatic carbocycles. The molecule has 174 valence electrons. The zero-order chi connectivity index (χ0) is 24.1. The van der Waals surface area contributed by atoms with Crippen LogP contribution in [0.2, 0.25) is 0 Å². The summed E-state index contributed by atoms with van der Waals surface area (Å²) in [5.41, 5.74) is 15.2. The standard InChI is InChI=1S/C14H14N10O6S3/c1-31-13-5(3-17-19-11(25)7-9(15)21-29-23(7)27)6(14(32-2)33-13)4-18-20-12(26)8-10(16)22-30-24(8)28/h3-4H,1-2H3,(H2,15,21)(H2,16,22)(H,19,25)(H,20,26)/b17-3-,18-4-. The molecule has 0 spiro atoms. The second-order valence-electron chi connectivity index (χ2n) is 5.64. The SMILES string of the molecule is CSc1sc(SC)c(/C=N\NC(=O)c2c(N)no[n+]2[O-])c1/C=N\NC(=O)c1c(N)no[n+]1[O-]. The quantitative estimate of drug-likeness (QED) is 0.124. The molecule has 16 nitrogen and oxygen atoms in total. The molecule has 2 amide bonds. The summed E-state index contributed by atoms with van der Waals surface area (Å²) in [5, 5.41) is 36.9. The lowest BCUT2D eigenvalue weighted by molar-refractivity contribution is -0.803. The fourth-order valence-corrected chi connectivity index (χ4v) is 5.10. The lowest BCUT2D eigenvalue weighted by Crippen LogP contribution is -2.36. The molecule has 0 atom stereocenters. The van der Waals surface area contributed by atoms with Crippen molar-refractivity contribution >= 4 is 70.7 Å². The number of anilines is 2. The van der Waals surface area contributed by atoms with Gasteiger partial charge >= 0.3 is 34.8 Å². The maximum atomic E-state index is 12.1. The van der Waals surface area contributed by atoms with Crippen molar-refractivity contribution in [2.75, 3.05) is 24.0 Å². The predicted molar refractivity (Wildman–Crippen MR) is 118 cm³/mol. The average Bonchev–Trinajstić information content (AvgIpc) is 3.42. The van der Waals surface area contributed by atoms with Crippen LogP contribution < -0.4 is 32.1 Å². The Morgan fingerprint density at radius 3 is 1.64 bits per heavy atom. The van der Waals surface area contributed by atoms with Crippen LogP contribution in [-0.4, -0.2) is 47.1 Å². The van der Waals surface area contributed by atoms with Gasteiger partial charge in [0.2, 0.25) is 0 Å². The zero-order valence-electron chi connectivity index (χ0n) is 16.7. The number of hydrogen-bond donors (Lipinski definition) is 4. The van der Waals surface area contributed by atoms with Crippen LogP contribution >= 0.6 is 34.9 Å². The lowest BCUT2D eigenvalue weighted by Gasteiger charge is -2.00. The highest BCUT2D eigenvalue weighted by Gasteiger charge is 2.25. The van der Waals surface area contributed by atoms with Crippen molar-refractivity contribution in [3.63, 3.8) is 0 Å². The summed E-state index contributed by atoms with van der Waals surface area (Å²) >= 11 is 4.27. The third-order valence-corrected chi connectivity index (χ3v) is 7.20. The van der Waals surface area contributed by atoms with Crippen LogP contribution in [0.15, 0.2) is 27.9 Å². The van der Waals surface area contributed by atoms with Crippen LogP contribution in [0.4, 0.5) is 11.6 Å². The number of thiophene rings is 1. The van der Waals surface area contributed by atoms with Crippen LogP contribution in [0.5, 0.6) is 0 Å². The van der Waals surface area contributed by atoms with E-state index in [0.29, 0.717) is 11.1 Å². The van der Waals surface area contributed by atoms with E-state index in [0.717, 1.165) is 8.42 Å². The molecule has 0 bridgehead atoms. The molecule has 3 rings (SSSR count). The Labute approximate surface area is 196 Å². The number of nitrogens with zero attached hydrogens (tertiary/aromatic N) is 6. The van der Waals surface area contributed by atoms with Crippen molar-refractivity contribution in [1.29, 1.82) is 0 Å². The second-order valence-corrected chi connectivity index (χ2v) is 8.81. The summed E-state index contributed by atoms with van der Waals surface area (Å²) in [4.78, 5) is 23.9. The average molecular weight is 515 g/mol. The van der Waals surface area contributed by atoms with Crippen molar-refractivity contribution in [2.45, 2.75) is 8.42 Å². The van der Waals surface area contributed by atoms with Crippen molar-refractivity contribution < 1.29 is 28.7 Å². The molecule has 0 fully saturated rings. The van der Waals surface area contributed by atoms with E-state index in [9.17, 15) is 20.0 Å². The summed E-state index contributed by atoms with van der Waals surface area (Å²) in [6.07, 6.45) is 6.36. The molecule has 0 saturated carbocycles. The predicted octanol–water partition coefficient (Wildman–Crippen LogP) is -0.873. The first-order chi connectivity index (χ1) is 15.8. The first kappa shape index (κ1) is 23.8. The monoisotopic (exact) mass is 514 g/mol.